The number of pyridine rings is 1. The Bertz CT molecular complexity index is 916. The molecular formula is C23H27NO4S. The number of rotatable bonds is 3. The van der Waals surface area contributed by atoms with Gasteiger partial charge in [-0.2, -0.15) is 0 Å². The molecule has 0 saturated carbocycles. The van der Waals surface area contributed by atoms with Gasteiger partial charge in [0.2, 0.25) is 0 Å². The fourth-order valence-corrected chi connectivity index (χ4v) is 4.81. The Balaban J connectivity index is 1.85. The Morgan fingerprint density at radius 3 is 2.48 bits per heavy atom. The van der Waals surface area contributed by atoms with Gasteiger partial charge < -0.3 is 14.2 Å². The second-order valence-electron chi connectivity index (χ2n) is 8.51. The number of hydrogen-bond donors (Lipinski definition) is 0. The van der Waals surface area contributed by atoms with E-state index in [9.17, 15) is 4.79 Å². The van der Waals surface area contributed by atoms with Gasteiger partial charge >= 0.3 is 5.97 Å². The molecular weight excluding hydrogens is 386 g/mol. The van der Waals surface area contributed by atoms with Gasteiger partial charge in [0.15, 0.2) is 5.79 Å². The summed E-state index contributed by atoms with van der Waals surface area (Å²) >= 11 is 1.57. The monoisotopic (exact) mass is 413 g/mol. The molecule has 0 atom stereocenters. The molecule has 1 aromatic heterocycles. The summed E-state index contributed by atoms with van der Waals surface area (Å²) in [5.74, 6) is -0.909. The fraction of sp³-hybridized carbons (Fsp3) is 0.478. The SMILES string of the molecule is COC(=O)c1c(SC)cc(-c2ccncc2)c2c1CCC1(C2)OCC(C)(C)CO1. The van der Waals surface area contributed by atoms with Gasteiger partial charge in [-0.1, -0.05) is 13.8 Å². The van der Waals surface area contributed by atoms with E-state index >= 15 is 0 Å². The maximum absolute atomic E-state index is 12.7. The van der Waals surface area contributed by atoms with Crippen LogP contribution in [0.25, 0.3) is 11.1 Å². The van der Waals surface area contributed by atoms with Crippen LogP contribution in [0.15, 0.2) is 35.5 Å². The summed E-state index contributed by atoms with van der Waals surface area (Å²) in [6.07, 6.45) is 7.65. The predicted octanol–water partition coefficient (Wildman–Crippen LogP) is 4.52. The molecule has 1 aliphatic carbocycles. The van der Waals surface area contributed by atoms with Crippen molar-refractivity contribution in [2.24, 2.45) is 5.41 Å². The number of carbonyl (C=O) groups excluding carboxylic acids is 1. The van der Waals surface area contributed by atoms with Gasteiger partial charge in [-0.05, 0) is 53.1 Å². The van der Waals surface area contributed by atoms with Gasteiger partial charge in [0.05, 0.1) is 25.9 Å². The Hall–Kier alpha value is -1.89. The predicted molar refractivity (Wildman–Crippen MR) is 113 cm³/mol. The molecule has 0 unspecified atom stereocenters. The minimum absolute atomic E-state index is 0.0132. The molecule has 2 heterocycles. The third-order valence-electron chi connectivity index (χ3n) is 5.77. The lowest BCUT2D eigenvalue weighted by atomic mass is 9.79. The second-order valence-corrected chi connectivity index (χ2v) is 9.36. The third-order valence-corrected chi connectivity index (χ3v) is 6.53. The van der Waals surface area contributed by atoms with Gasteiger partial charge in [-0.3, -0.25) is 4.98 Å². The van der Waals surface area contributed by atoms with E-state index in [0.29, 0.717) is 31.6 Å². The van der Waals surface area contributed by atoms with Crippen LogP contribution in [-0.4, -0.2) is 43.3 Å². The lowest BCUT2D eigenvalue weighted by Crippen LogP contribution is -2.50. The summed E-state index contributed by atoms with van der Waals surface area (Å²) in [7, 11) is 1.44. The Kier molecular flexibility index (Phi) is 5.44. The van der Waals surface area contributed by atoms with Crippen molar-refractivity contribution in [3.63, 3.8) is 0 Å². The molecule has 2 aromatic rings. The van der Waals surface area contributed by atoms with Crippen molar-refractivity contribution in [1.29, 1.82) is 0 Å². The van der Waals surface area contributed by atoms with Crippen molar-refractivity contribution >= 4 is 17.7 Å². The van der Waals surface area contributed by atoms with Crippen LogP contribution in [0.5, 0.6) is 0 Å². The molecule has 0 amide bonds. The van der Waals surface area contributed by atoms with Crippen LogP contribution >= 0.6 is 11.8 Å². The minimum atomic E-state index is -0.626. The van der Waals surface area contributed by atoms with E-state index in [0.717, 1.165) is 33.6 Å². The summed E-state index contributed by atoms with van der Waals surface area (Å²) in [6, 6.07) is 6.10. The molecule has 29 heavy (non-hydrogen) atoms. The molecule has 1 spiro atoms. The van der Waals surface area contributed by atoms with Crippen molar-refractivity contribution in [1.82, 2.24) is 4.98 Å². The minimum Gasteiger partial charge on any atom is -0.465 e. The van der Waals surface area contributed by atoms with Crippen LogP contribution in [0, 0.1) is 5.41 Å². The van der Waals surface area contributed by atoms with Gasteiger partial charge in [0.25, 0.3) is 0 Å². The highest BCUT2D eigenvalue weighted by Gasteiger charge is 2.44. The summed E-state index contributed by atoms with van der Waals surface area (Å²) in [5, 5.41) is 0. The Morgan fingerprint density at radius 2 is 1.86 bits per heavy atom. The van der Waals surface area contributed by atoms with Crippen molar-refractivity contribution in [2.75, 3.05) is 26.6 Å². The first-order chi connectivity index (χ1) is 13.9. The molecule has 0 bridgehead atoms. The van der Waals surface area contributed by atoms with Crippen LogP contribution in [0.4, 0.5) is 0 Å². The topological polar surface area (TPSA) is 57.7 Å². The second kappa shape index (κ2) is 7.74. The Morgan fingerprint density at radius 1 is 1.17 bits per heavy atom. The maximum atomic E-state index is 12.7. The lowest BCUT2D eigenvalue weighted by Gasteiger charge is -2.46. The van der Waals surface area contributed by atoms with E-state index in [2.05, 4.69) is 24.9 Å². The largest absolute Gasteiger partial charge is 0.465 e. The standard InChI is InChI=1S/C23H27NO4S/c1-22(2)13-27-23(28-14-22)8-5-16-18(12-23)17(15-6-9-24-10-7-15)11-19(29-4)20(16)21(25)26-3/h6-7,9-11H,5,8,12-14H2,1-4H3. The van der Waals surface area contributed by atoms with Crippen LogP contribution in [0.3, 0.4) is 0 Å². The molecule has 1 fully saturated rings. The molecule has 1 aliphatic heterocycles. The molecule has 5 nitrogen and oxygen atoms in total. The molecule has 6 heteroatoms. The van der Waals surface area contributed by atoms with Crippen LogP contribution in [-0.2, 0) is 27.1 Å². The number of hydrogen-bond acceptors (Lipinski definition) is 6. The zero-order chi connectivity index (χ0) is 20.6. The number of aromatic nitrogens is 1. The summed E-state index contributed by atoms with van der Waals surface area (Å²) in [5.41, 5.74) is 5.04. The number of benzene rings is 1. The van der Waals surface area contributed by atoms with Crippen LogP contribution in [0.1, 0.15) is 41.8 Å². The average Bonchev–Trinajstić information content (AvgIpc) is 2.75. The first-order valence-electron chi connectivity index (χ1n) is 9.87. The third kappa shape index (κ3) is 3.81. The number of thioether (sulfide) groups is 1. The molecule has 1 aromatic carbocycles. The van der Waals surface area contributed by atoms with E-state index in [-0.39, 0.29) is 11.4 Å². The highest BCUT2D eigenvalue weighted by molar-refractivity contribution is 7.98. The smallest absolute Gasteiger partial charge is 0.339 e. The zero-order valence-electron chi connectivity index (χ0n) is 17.4. The van der Waals surface area contributed by atoms with E-state index in [1.165, 1.54) is 7.11 Å². The average molecular weight is 414 g/mol. The molecule has 0 N–H and O–H groups in total. The molecule has 4 rings (SSSR count). The summed E-state index contributed by atoms with van der Waals surface area (Å²) in [6.45, 7) is 5.64. The number of carbonyl (C=O) groups is 1. The molecule has 2 aliphatic rings. The van der Waals surface area contributed by atoms with Crippen LogP contribution in [0.2, 0.25) is 0 Å². The number of fused-ring (bicyclic) bond motifs is 1. The highest BCUT2D eigenvalue weighted by atomic mass is 32.2. The normalized spacial score (nSPS) is 19.6. The first-order valence-corrected chi connectivity index (χ1v) is 11.1. The van der Waals surface area contributed by atoms with E-state index in [1.807, 2.05) is 18.4 Å². The zero-order valence-corrected chi connectivity index (χ0v) is 18.2. The van der Waals surface area contributed by atoms with Gasteiger partial charge in [0, 0.05) is 35.5 Å². The van der Waals surface area contributed by atoms with Gasteiger partial charge in [-0.15, -0.1) is 11.8 Å². The maximum Gasteiger partial charge on any atom is 0.339 e. The molecule has 154 valence electrons. The highest BCUT2D eigenvalue weighted by Crippen LogP contribution is 2.45. The van der Waals surface area contributed by atoms with Crippen molar-refractivity contribution in [3.8, 4) is 11.1 Å². The Labute approximate surface area is 176 Å². The number of esters is 1. The molecule has 0 radical (unpaired) electrons. The van der Waals surface area contributed by atoms with Crippen molar-refractivity contribution in [3.05, 3.63) is 47.3 Å². The number of ether oxygens (including phenoxy) is 3. The van der Waals surface area contributed by atoms with E-state index in [4.69, 9.17) is 14.2 Å². The molecule has 1 saturated heterocycles. The number of nitrogens with zero attached hydrogens (tertiary/aromatic N) is 1. The van der Waals surface area contributed by atoms with Gasteiger partial charge in [-0.25, -0.2) is 4.79 Å². The van der Waals surface area contributed by atoms with E-state index in [1.54, 1.807) is 24.2 Å². The van der Waals surface area contributed by atoms with Crippen LogP contribution < -0.4 is 0 Å². The van der Waals surface area contributed by atoms with Crippen molar-refractivity contribution in [2.45, 2.75) is 43.8 Å². The van der Waals surface area contributed by atoms with Crippen molar-refractivity contribution < 1.29 is 19.0 Å². The van der Waals surface area contributed by atoms with Gasteiger partial charge in [0.1, 0.15) is 0 Å². The summed E-state index contributed by atoms with van der Waals surface area (Å²) in [4.78, 5) is 17.7. The number of methoxy groups -OCH3 is 1. The fourth-order valence-electron chi connectivity index (χ4n) is 4.16. The lowest BCUT2D eigenvalue weighted by molar-refractivity contribution is -0.302. The quantitative estimate of drug-likeness (QED) is 0.545. The first kappa shape index (κ1) is 20.4. The summed E-state index contributed by atoms with van der Waals surface area (Å²) < 4.78 is 17.7. The van der Waals surface area contributed by atoms with E-state index < -0.39 is 5.79 Å².